The summed E-state index contributed by atoms with van der Waals surface area (Å²) in [5.74, 6) is 0.358. The molecule has 1 aromatic heterocycles. The van der Waals surface area contributed by atoms with Gasteiger partial charge in [-0.15, -0.1) is 12.4 Å². The quantitative estimate of drug-likeness (QED) is 0.816. The summed E-state index contributed by atoms with van der Waals surface area (Å²) >= 11 is 0. The Hall–Kier alpha value is -0.610. The minimum Gasteiger partial charge on any atom is -0.316 e. The molecule has 1 atom stereocenters. The van der Waals surface area contributed by atoms with Gasteiger partial charge >= 0.3 is 0 Å². The Kier molecular flexibility index (Phi) is 4.35. The predicted molar refractivity (Wildman–Crippen MR) is 55.0 cm³/mol. The van der Waals surface area contributed by atoms with E-state index in [1.807, 2.05) is 0 Å². The van der Waals surface area contributed by atoms with Crippen LogP contribution >= 0.6 is 12.4 Å². The molecule has 0 saturated carbocycles. The lowest BCUT2D eigenvalue weighted by Gasteiger charge is -2.22. The van der Waals surface area contributed by atoms with Crippen LogP contribution in [0.2, 0.25) is 0 Å². The molecular weight excluding hydrogens is 205 g/mol. The van der Waals surface area contributed by atoms with E-state index in [0.29, 0.717) is 5.92 Å². The van der Waals surface area contributed by atoms with Crippen molar-refractivity contribution in [2.75, 3.05) is 13.1 Å². The number of nitrogens with one attached hydrogen (secondary N) is 1. The molecule has 1 N–H and O–H groups in total. The number of nitrogens with zero attached hydrogens (tertiary/aromatic N) is 2. The van der Waals surface area contributed by atoms with Crippen molar-refractivity contribution in [3.05, 3.63) is 18.2 Å². The first-order valence-electron chi connectivity index (χ1n) is 4.73. The lowest BCUT2D eigenvalue weighted by molar-refractivity contribution is 0.325. The maximum Gasteiger partial charge on any atom is 0.161 e. The van der Waals surface area contributed by atoms with Gasteiger partial charge in [-0.05, 0) is 31.8 Å². The number of hydrogen-bond acceptors (Lipinski definition) is 2. The van der Waals surface area contributed by atoms with E-state index in [1.165, 1.54) is 25.2 Å². The molecule has 2 rings (SSSR count). The summed E-state index contributed by atoms with van der Waals surface area (Å²) in [4.78, 5) is 0. The Labute approximate surface area is 89.1 Å². The monoisotopic (exact) mass is 219 g/mol. The van der Waals surface area contributed by atoms with Gasteiger partial charge < -0.3 is 5.32 Å². The topological polar surface area (TPSA) is 29.9 Å². The maximum absolute atomic E-state index is 12.6. The molecule has 5 heteroatoms. The molecule has 0 unspecified atom stereocenters. The Bertz CT molecular complexity index is 271. The van der Waals surface area contributed by atoms with Gasteiger partial charge in [0.05, 0.1) is 12.4 Å². The molecule has 0 bridgehead atoms. The highest BCUT2D eigenvalue weighted by atomic mass is 35.5. The van der Waals surface area contributed by atoms with E-state index in [2.05, 4.69) is 10.4 Å². The lowest BCUT2D eigenvalue weighted by Crippen LogP contribution is -2.32. The summed E-state index contributed by atoms with van der Waals surface area (Å²) < 4.78 is 14.3. The van der Waals surface area contributed by atoms with Crippen LogP contribution in [-0.4, -0.2) is 22.9 Å². The zero-order chi connectivity index (χ0) is 9.10. The molecule has 1 fully saturated rings. The van der Waals surface area contributed by atoms with Gasteiger partial charge in [-0.1, -0.05) is 0 Å². The average molecular weight is 220 g/mol. The van der Waals surface area contributed by atoms with Crippen LogP contribution in [0.4, 0.5) is 4.39 Å². The Morgan fingerprint density at radius 2 is 2.50 bits per heavy atom. The summed E-state index contributed by atoms with van der Waals surface area (Å²) in [7, 11) is 0. The highest BCUT2D eigenvalue weighted by Gasteiger charge is 2.13. The molecule has 14 heavy (non-hydrogen) atoms. The van der Waals surface area contributed by atoms with Crippen molar-refractivity contribution in [3.63, 3.8) is 0 Å². The molecule has 0 spiro atoms. The first-order valence-corrected chi connectivity index (χ1v) is 4.73. The third-order valence-corrected chi connectivity index (χ3v) is 2.45. The molecule has 1 aliphatic rings. The van der Waals surface area contributed by atoms with Crippen molar-refractivity contribution in [2.24, 2.45) is 5.92 Å². The average Bonchev–Trinajstić information content (AvgIpc) is 2.53. The zero-order valence-corrected chi connectivity index (χ0v) is 8.76. The van der Waals surface area contributed by atoms with Crippen LogP contribution in [0, 0.1) is 11.7 Å². The second-order valence-electron chi connectivity index (χ2n) is 3.59. The number of aromatic nitrogens is 2. The van der Waals surface area contributed by atoms with E-state index in [9.17, 15) is 4.39 Å². The van der Waals surface area contributed by atoms with Crippen molar-refractivity contribution in [2.45, 2.75) is 19.4 Å². The minimum atomic E-state index is -0.247. The van der Waals surface area contributed by atoms with Gasteiger partial charge in [0.25, 0.3) is 0 Å². The van der Waals surface area contributed by atoms with E-state index in [4.69, 9.17) is 0 Å². The van der Waals surface area contributed by atoms with E-state index in [0.717, 1.165) is 19.6 Å². The lowest BCUT2D eigenvalue weighted by atomic mass is 10.00. The van der Waals surface area contributed by atoms with E-state index in [-0.39, 0.29) is 18.2 Å². The Morgan fingerprint density at radius 3 is 3.07 bits per heavy atom. The Morgan fingerprint density at radius 1 is 1.64 bits per heavy atom. The summed E-state index contributed by atoms with van der Waals surface area (Å²) in [6, 6.07) is 0. The zero-order valence-electron chi connectivity index (χ0n) is 7.95. The number of halogens is 2. The fraction of sp³-hybridized carbons (Fsp3) is 0.667. The maximum atomic E-state index is 12.6. The molecule has 3 nitrogen and oxygen atoms in total. The van der Waals surface area contributed by atoms with Crippen LogP contribution < -0.4 is 5.32 Å². The first kappa shape index (κ1) is 11.5. The van der Waals surface area contributed by atoms with Gasteiger partial charge in [-0.3, -0.25) is 4.68 Å². The normalized spacial score (nSPS) is 21.6. The fourth-order valence-corrected chi connectivity index (χ4v) is 1.78. The predicted octanol–water partition coefficient (Wildman–Crippen LogP) is 1.44. The van der Waals surface area contributed by atoms with Crippen LogP contribution in [0.15, 0.2) is 12.4 Å². The molecule has 1 saturated heterocycles. The van der Waals surface area contributed by atoms with Crippen molar-refractivity contribution < 1.29 is 4.39 Å². The third-order valence-electron chi connectivity index (χ3n) is 2.45. The van der Waals surface area contributed by atoms with Gasteiger partial charge in [-0.25, -0.2) is 4.39 Å². The van der Waals surface area contributed by atoms with Gasteiger partial charge in [-0.2, -0.15) is 5.10 Å². The standard InChI is InChI=1S/C9H14FN3.ClH/c10-9-5-12-13(7-9)6-8-2-1-3-11-4-8;/h5,7-8,11H,1-4,6H2;1H/t8-;/m0./s1. The molecule has 0 aliphatic carbocycles. The SMILES string of the molecule is Cl.Fc1cnn(C[C@H]2CCCNC2)c1. The molecule has 0 radical (unpaired) electrons. The summed E-state index contributed by atoms with van der Waals surface area (Å²) in [5.41, 5.74) is 0. The molecule has 80 valence electrons. The molecule has 0 aromatic carbocycles. The highest BCUT2D eigenvalue weighted by molar-refractivity contribution is 5.85. The summed E-state index contributed by atoms with van der Waals surface area (Å²) in [6.45, 7) is 2.97. The van der Waals surface area contributed by atoms with Crippen LogP contribution in [0.25, 0.3) is 0 Å². The minimum absolute atomic E-state index is 0. The van der Waals surface area contributed by atoms with Crippen LogP contribution in [0.1, 0.15) is 12.8 Å². The largest absolute Gasteiger partial charge is 0.316 e. The van der Waals surface area contributed by atoms with E-state index in [1.54, 1.807) is 4.68 Å². The van der Waals surface area contributed by atoms with Crippen molar-refractivity contribution in [1.82, 2.24) is 15.1 Å². The molecule has 2 heterocycles. The van der Waals surface area contributed by atoms with Crippen molar-refractivity contribution in [1.29, 1.82) is 0 Å². The van der Waals surface area contributed by atoms with Crippen molar-refractivity contribution in [3.8, 4) is 0 Å². The van der Waals surface area contributed by atoms with Crippen LogP contribution in [0.3, 0.4) is 0 Å². The molecule has 1 aromatic rings. The van der Waals surface area contributed by atoms with Gasteiger partial charge in [0, 0.05) is 6.54 Å². The van der Waals surface area contributed by atoms with Gasteiger partial charge in [0.1, 0.15) is 0 Å². The third kappa shape index (κ3) is 2.96. The van der Waals surface area contributed by atoms with Gasteiger partial charge in [0.15, 0.2) is 5.82 Å². The van der Waals surface area contributed by atoms with Gasteiger partial charge in [0.2, 0.25) is 0 Å². The number of rotatable bonds is 2. The smallest absolute Gasteiger partial charge is 0.161 e. The van der Waals surface area contributed by atoms with Crippen LogP contribution in [0.5, 0.6) is 0 Å². The molecule has 0 amide bonds. The van der Waals surface area contributed by atoms with E-state index < -0.39 is 0 Å². The second-order valence-corrected chi connectivity index (χ2v) is 3.59. The second kappa shape index (κ2) is 5.32. The number of piperidine rings is 1. The fourth-order valence-electron chi connectivity index (χ4n) is 1.78. The van der Waals surface area contributed by atoms with Crippen molar-refractivity contribution >= 4 is 12.4 Å². The number of hydrogen-bond donors (Lipinski definition) is 1. The summed E-state index contributed by atoms with van der Waals surface area (Å²) in [6.07, 6.45) is 5.15. The molecular formula is C9H15ClFN3. The summed E-state index contributed by atoms with van der Waals surface area (Å²) in [5, 5.41) is 7.25. The van der Waals surface area contributed by atoms with E-state index >= 15 is 0 Å². The highest BCUT2D eigenvalue weighted by Crippen LogP contribution is 2.11. The van der Waals surface area contributed by atoms with Crippen LogP contribution in [-0.2, 0) is 6.54 Å². The first-order chi connectivity index (χ1) is 6.34. The Balaban J connectivity index is 0.000000980. The molecule has 1 aliphatic heterocycles.